The minimum Gasteiger partial charge on any atom is -0.488 e. The van der Waals surface area contributed by atoms with E-state index in [2.05, 4.69) is 92.7 Å². The molecule has 4 aromatic rings. The molecule has 0 aliphatic carbocycles. The average molecular weight is 569 g/mol. The highest BCUT2D eigenvalue weighted by molar-refractivity contribution is 6.33. The van der Waals surface area contributed by atoms with E-state index in [1.807, 2.05) is 19.1 Å². The summed E-state index contributed by atoms with van der Waals surface area (Å²) in [5.74, 6) is 0.835. The molecular formula is C38H45ClO2. The van der Waals surface area contributed by atoms with Gasteiger partial charge < -0.3 is 9.47 Å². The summed E-state index contributed by atoms with van der Waals surface area (Å²) in [4.78, 5) is 0. The van der Waals surface area contributed by atoms with Crippen molar-refractivity contribution in [2.75, 3.05) is 13.2 Å². The fourth-order valence-corrected chi connectivity index (χ4v) is 5.42. The number of rotatable bonds is 16. The van der Waals surface area contributed by atoms with Gasteiger partial charge in [0, 0.05) is 17.2 Å². The van der Waals surface area contributed by atoms with Crippen molar-refractivity contribution in [2.45, 2.75) is 78.2 Å². The first-order chi connectivity index (χ1) is 20.1. The van der Waals surface area contributed by atoms with Crippen LogP contribution in [0.5, 0.6) is 5.75 Å². The first-order valence-electron chi connectivity index (χ1n) is 15.4. The quantitative estimate of drug-likeness (QED) is 0.125. The Hall–Kier alpha value is -3.07. The van der Waals surface area contributed by atoms with Gasteiger partial charge in [-0.15, -0.1) is 0 Å². The molecule has 1 unspecified atom stereocenters. The van der Waals surface area contributed by atoms with Gasteiger partial charge in [0.25, 0.3) is 0 Å². The lowest BCUT2D eigenvalue weighted by atomic mass is 9.97. The zero-order valence-electron chi connectivity index (χ0n) is 25.0. The van der Waals surface area contributed by atoms with Gasteiger partial charge in [-0.05, 0) is 77.8 Å². The minimum atomic E-state index is 0.0101. The van der Waals surface area contributed by atoms with Crippen molar-refractivity contribution in [3.8, 4) is 39.1 Å². The molecule has 0 saturated heterocycles. The lowest BCUT2D eigenvalue weighted by molar-refractivity contribution is 0.0590. The van der Waals surface area contributed by atoms with Crippen LogP contribution in [0.25, 0.3) is 33.4 Å². The second kappa shape index (κ2) is 16.4. The normalized spacial score (nSPS) is 11.9. The first kappa shape index (κ1) is 30.9. The molecule has 0 spiro atoms. The summed E-state index contributed by atoms with van der Waals surface area (Å²) in [6.07, 6.45) is 10.2. The highest BCUT2D eigenvalue weighted by Gasteiger charge is 2.09. The predicted octanol–water partition coefficient (Wildman–Crippen LogP) is 11.4. The fourth-order valence-electron chi connectivity index (χ4n) is 5.13. The maximum absolute atomic E-state index is 6.77. The summed E-state index contributed by atoms with van der Waals surface area (Å²) in [6, 6.07) is 32.3. The van der Waals surface area contributed by atoms with Gasteiger partial charge in [-0.1, -0.05) is 130 Å². The van der Waals surface area contributed by atoms with Crippen LogP contribution in [0.4, 0.5) is 0 Å². The number of ether oxygens (including phenoxy) is 2. The number of hydrogen-bond donors (Lipinski definition) is 0. The zero-order valence-corrected chi connectivity index (χ0v) is 25.8. The van der Waals surface area contributed by atoms with E-state index >= 15 is 0 Å². The van der Waals surface area contributed by atoms with E-state index in [-0.39, 0.29) is 6.10 Å². The van der Waals surface area contributed by atoms with Crippen molar-refractivity contribution in [1.29, 1.82) is 0 Å². The molecule has 0 aromatic heterocycles. The Bertz CT molecular complexity index is 1310. The fraction of sp³-hybridized carbons (Fsp3) is 0.368. The topological polar surface area (TPSA) is 18.5 Å². The summed E-state index contributed by atoms with van der Waals surface area (Å²) < 4.78 is 11.6. The smallest absolute Gasteiger partial charge is 0.119 e. The Morgan fingerprint density at radius 3 is 1.80 bits per heavy atom. The third-order valence-electron chi connectivity index (χ3n) is 7.50. The third kappa shape index (κ3) is 9.48. The maximum Gasteiger partial charge on any atom is 0.119 e. The number of halogens is 1. The van der Waals surface area contributed by atoms with Gasteiger partial charge in [-0.2, -0.15) is 0 Å². The van der Waals surface area contributed by atoms with Gasteiger partial charge >= 0.3 is 0 Å². The van der Waals surface area contributed by atoms with E-state index in [9.17, 15) is 0 Å². The maximum atomic E-state index is 6.77. The second-order valence-corrected chi connectivity index (χ2v) is 11.4. The van der Waals surface area contributed by atoms with E-state index in [1.54, 1.807) is 0 Å². The molecule has 0 aliphatic heterocycles. The molecule has 0 fully saturated rings. The van der Waals surface area contributed by atoms with Crippen LogP contribution in [-0.2, 0) is 11.2 Å². The van der Waals surface area contributed by atoms with Gasteiger partial charge in [0.2, 0.25) is 0 Å². The van der Waals surface area contributed by atoms with Gasteiger partial charge in [-0.25, -0.2) is 0 Å². The molecule has 0 bridgehead atoms. The van der Waals surface area contributed by atoms with E-state index < -0.39 is 0 Å². The lowest BCUT2D eigenvalue weighted by Gasteiger charge is -2.15. The first-order valence-corrected chi connectivity index (χ1v) is 15.8. The molecule has 0 aliphatic rings. The molecular weight excluding hydrogens is 524 g/mol. The number of aryl methyl sites for hydroxylation is 1. The lowest BCUT2D eigenvalue weighted by Crippen LogP contribution is -2.19. The Balaban J connectivity index is 1.34. The SMILES string of the molecule is CCCCCCCCc1ccc(-c2ccc(-c3ccc(-c4ccc(OC(C)COCCC)cc4)c(Cl)c3)cc2)cc1. The standard InChI is InChI=1S/C38H45ClO2/c1-4-6-7-8-9-10-11-30-12-14-31(15-13-30)32-16-18-33(19-17-32)35-22-25-37(38(39)27-35)34-20-23-36(24-21-34)41-29(3)28-40-26-5-2/h12-25,27,29H,4-11,26,28H2,1-3H3. The molecule has 2 nitrogen and oxygen atoms in total. The third-order valence-corrected chi connectivity index (χ3v) is 7.81. The van der Waals surface area contributed by atoms with Crippen LogP contribution in [0.1, 0.15) is 71.3 Å². The predicted molar refractivity (Wildman–Crippen MR) is 176 cm³/mol. The number of unbranched alkanes of at least 4 members (excludes halogenated alkanes) is 5. The Morgan fingerprint density at radius 2 is 1.17 bits per heavy atom. The molecule has 0 radical (unpaired) electrons. The molecule has 216 valence electrons. The molecule has 4 aromatic carbocycles. The van der Waals surface area contributed by atoms with Crippen molar-refractivity contribution in [3.05, 3.63) is 102 Å². The van der Waals surface area contributed by atoms with Crippen LogP contribution >= 0.6 is 11.6 Å². The molecule has 1 atom stereocenters. The van der Waals surface area contributed by atoms with E-state index in [0.29, 0.717) is 6.61 Å². The summed E-state index contributed by atoms with van der Waals surface area (Å²) in [5, 5.41) is 0.738. The summed E-state index contributed by atoms with van der Waals surface area (Å²) in [5.41, 5.74) is 8.27. The molecule has 3 heteroatoms. The van der Waals surface area contributed by atoms with Crippen molar-refractivity contribution in [1.82, 2.24) is 0 Å². The van der Waals surface area contributed by atoms with Gasteiger partial charge in [-0.3, -0.25) is 0 Å². The van der Waals surface area contributed by atoms with E-state index in [4.69, 9.17) is 21.1 Å². The van der Waals surface area contributed by atoms with Gasteiger partial charge in [0.15, 0.2) is 0 Å². The molecule has 41 heavy (non-hydrogen) atoms. The van der Waals surface area contributed by atoms with E-state index in [0.717, 1.165) is 46.1 Å². The molecule has 4 rings (SSSR count). The highest BCUT2D eigenvalue weighted by atomic mass is 35.5. The van der Waals surface area contributed by atoms with Crippen LogP contribution in [0.2, 0.25) is 5.02 Å². The Labute approximate surface area is 252 Å². The Morgan fingerprint density at radius 1 is 0.610 bits per heavy atom. The summed E-state index contributed by atoms with van der Waals surface area (Å²) in [7, 11) is 0. The van der Waals surface area contributed by atoms with Crippen LogP contribution in [0.15, 0.2) is 91.0 Å². The van der Waals surface area contributed by atoms with Crippen LogP contribution in [0.3, 0.4) is 0 Å². The van der Waals surface area contributed by atoms with E-state index in [1.165, 1.54) is 61.6 Å². The van der Waals surface area contributed by atoms with Crippen molar-refractivity contribution in [3.63, 3.8) is 0 Å². The van der Waals surface area contributed by atoms with Crippen molar-refractivity contribution in [2.24, 2.45) is 0 Å². The number of hydrogen-bond acceptors (Lipinski definition) is 2. The van der Waals surface area contributed by atoms with Gasteiger partial charge in [0.1, 0.15) is 11.9 Å². The van der Waals surface area contributed by atoms with Crippen molar-refractivity contribution < 1.29 is 9.47 Å². The van der Waals surface area contributed by atoms with Crippen LogP contribution in [-0.4, -0.2) is 19.3 Å². The summed E-state index contributed by atoms with van der Waals surface area (Å²) >= 11 is 6.77. The molecule has 0 saturated carbocycles. The monoisotopic (exact) mass is 568 g/mol. The van der Waals surface area contributed by atoms with Gasteiger partial charge in [0.05, 0.1) is 6.61 Å². The largest absolute Gasteiger partial charge is 0.488 e. The second-order valence-electron chi connectivity index (χ2n) is 11.0. The average Bonchev–Trinajstić information content (AvgIpc) is 3.00. The number of benzene rings is 4. The highest BCUT2D eigenvalue weighted by Crippen LogP contribution is 2.34. The molecule has 0 N–H and O–H groups in total. The Kier molecular flexibility index (Phi) is 12.3. The summed E-state index contributed by atoms with van der Waals surface area (Å²) in [6.45, 7) is 7.76. The molecule has 0 heterocycles. The van der Waals surface area contributed by atoms with Crippen LogP contribution < -0.4 is 4.74 Å². The van der Waals surface area contributed by atoms with Crippen molar-refractivity contribution >= 4 is 11.6 Å². The zero-order chi connectivity index (χ0) is 28.9. The van der Waals surface area contributed by atoms with Crippen LogP contribution in [0, 0.1) is 0 Å². The molecule has 0 amide bonds. The minimum absolute atomic E-state index is 0.0101.